The summed E-state index contributed by atoms with van der Waals surface area (Å²) in [6, 6.07) is 17.4. The maximum Gasteiger partial charge on any atom is 0.250 e. The van der Waals surface area contributed by atoms with Crippen LogP contribution in [0.2, 0.25) is 10.0 Å². The van der Waals surface area contributed by atoms with Gasteiger partial charge in [0, 0.05) is 64.8 Å². The quantitative estimate of drug-likeness (QED) is 0.115. The molecule has 5 rings (SSSR count). The molecule has 0 saturated carbocycles. The van der Waals surface area contributed by atoms with Crippen LogP contribution in [-0.2, 0) is 6.61 Å². The molecule has 0 aliphatic carbocycles. The maximum absolute atomic E-state index is 13.4. The van der Waals surface area contributed by atoms with E-state index < -0.39 is 0 Å². The summed E-state index contributed by atoms with van der Waals surface area (Å²) in [6.07, 6.45) is 4.99. The highest BCUT2D eigenvalue weighted by Crippen LogP contribution is 2.28. The Kier molecular flexibility index (Phi) is 12.4. The lowest BCUT2D eigenvalue weighted by atomic mass is 10.1. The number of nitrogens with one attached hydrogen (secondary N) is 2. The van der Waals surface area contributed by atoms with E-state index in [-0.39, 0.29) is 30.8 Å². The Morgan fingerprint density at radius 1 is 0.933 bits per heavy atom. The van der Waals surface area contributed by atoms with E-state index in [9.17, 15) is 4.39 Å². The summed E-state index contributed by atoms with van der Waals surface area (Å²) in [5, 5.41) is 8.71. The summed E-state index contributed by atoms with van der Waals surface area (Å²) in [4.78, 5) is 18.1. The van der Waals surface area contributed by atoms with Gasteiger partial charge in [-0.15, -0.1) is 12.4 Å². The van der Waals surface area contributed by atoms with E-state index in [1.54, 1.807) is 30.5 Å². The molecule has 4 aromatic rings. The second kappa shape index (κ2) is 16.5. The zero-order valence-corrected chi connectivity index (χ0v) is 27.5. The van der Waals surface area contributed by atoms with E-state index in [0.717, 1.165) is 55.8 Å². The van der Waals surface area contributed by atoms with Crippen LogP contribution in [0.4, 0.5) is 33.6 Å². The Balaban J connectivity index is 0.00000461. The minimum absolute atomic E-state index is 0. The standard InChI is InChI=1S/C32H35Cl2FN8O.ClH/c1-3-42(4-2)27-15-9-22(29(19-27)44-21-23-8-10-24(33)18-28(23)34)20-36-41-31-38-30(37-26-13-11-25(35)12-14-26)39-32(40-31)43-16-6-5-7-17-43;/h8-15,18-20H,3-7,16-17,21H2,1-2H3,(H2,37,38,39,40,41);1H/b36-20+;. The van der Waals surface area contributed by atoms with Gasteiger partial charge in [-0.3, -0.25) is 0 Å². The monoisotopic (exact) mass is 672 g/mol. The molecule has 3 aromatic carbocycles. The minimum atomic E-state index is -0.318. The van der Waals surface area contributed by atoms with E-state index in [0.29, 0.717) is 33.4 Å². The molecule has 1 fully saturated rings. The first-order valence-electron chi connectivity index (χ1n) is 14.7. The number of halogens is 4. The predicted octanol–water partition coefficient (Wildman–Crippen LogP) is 8.34. The normalized spacial score (nSPS) is 13.0. The van der Waals surface area contributed by atoms with Gasteiger partial charge in [0.2, 0.25) is 17.8 Å². The molecule has 238 valence electrons. The highest BCUT2D eigenvalue weighted by molar-refractivity contribution is 6.35. The molecule has 0 amide bonds. The van der Waals surface area contributed by atoms with Gasteiger partial charge in [0.15, 0.2) is 0 Å². The summed E-state index contributed by atoms with van der Waals surface area (Å²) in [6.45, 7) is 7.94. The lowest BCUT2D eigenvalue weighted by Gasteiger charge is -2.26. The largest absolute Gasteiger partial charge is 0.488 e. The van der Waals surface area contributed by atoms with Gasteiger partial charge in [-0.1, -0.05) is 29.3 Å². The summed E-state index contributed by atoms with van der Waals surface area (Å²) in [5.74, 6) is 1.49. The number of aromatic nitrogens is 3. The van der Waals surface area contributed by atoms with Crippen molar-refractivity contribution in [3.8, 4) is 5.75 Å². The van der Waals surface area contributed by atoms with E-state index >= 15 is 0 Å². The molecule has 2 N–H and O–H groups in total. The van der Waals surface area contributed by atoms with Gasteiger partial charge in [0.1, 0.15) is 18.2 Å². The SMILES string of the molecule is CCN(CC)c1ccc(/C=N/Nc2nc(Nc3ccc(F)cc3)nc(N3CCCCC3)n2)c(OCc2ccc(Cl)cc2Cl)c1.Cl. The molecular weight excluding hydrogens is 638 g/mol. The number of hydrazone groups is 1. The lowest BCUT2D eigenvalue weighted by molar-refractivity contribution is 0.306. The summed E-state index contributed by atoms with van der Waals surface area (Å²) in [5.41, 5.74) is 6.24. The number of anilines is 5. The van der Waals surface area contributed by atoms with E-state index in [1.165, 1.54) is 18.6 Å². The molecule has 13 heteroatoms. The highest BCUT2D eigenvalue weighted by atomic mass is 35.5. The number of hydrogen-bond donors (Lipinski definition) is 2. The topological polar surface area (TPSA) is 90.8 Å². The van der Waals surface area contributed by atoms with E-state index in [2.05, 4.69) is 54.4 Å². The lowest BCUT2D eigenvalue weighted by Crippen LogP contribution is -2.31. The van der Waals surface area contributed by atoms with Crippen molar-refractivity contribution in [2.75, 3.05) is 46.7 Å². The fourth-order valence-electron chi connectivity index (χ4n) is 4.86. The van der Waals surface area contributed by atoms with Crippen LogP contribution in [0.1, 0.15) is 44.2 Å². The number of ether oxygens (including phenoxy) is 1. The average Bonchev–Trinajstić information content (AvgIpc) is 3.03. The van der Waals surface area contributed by atoms with Gasteiger partial charge in [0.25, 0.3) is 0 Å². The molecule has 0 spiro atoms. The van der Waals surface area contributed by atoms with Gasteiger partial charge in [-0.05, 0) is 81.6 Å². The number of rotatable bonds is 12. The van der Waals surface area contributed by atoms with Crippen LogP contribution in [0.5, 0.6) is 5.75 Å². The van der Waals surface area contributed by atoms with Crippen molar-refractivity contribution < 1.29 is 9.13 Å². The molecule has 1 aliphatic heterocycles. The molecule has 0 bridgehead atoms. The second-order valence-electron chi connectivity index (χ2n) is 10.3. The molecule has 0 radical (unpaired) electrons. The fourth-order valence-corrected chi connectivity index (χ4v) is 5.33. The second-order valence-corrected chi connectivity index (χ2v) is 11.1. The van der Waals surface area contributed by atoms with Gasteiger partial charge in [0.05, 0.1) is 6.21 Å². The van der Waals surface area contributed by atoms with Gasteiger partial charge < -0.3 is 19.9 Å². The van der Waals surface area contributed by atoms with Crippen LogP contribution < -0.4 is 25.3 Å². The first kappa shape index (κ1) is 34.0. The summed E-state index contributed by atoms with van der Waals surface area (Å²) < 4.78 is 19.7. The van der Waals surface area contributed by atoms with Crippen LogP contribution in [0, 0.1) is 5.82 Å². The van der Waals surface area contributed by atoms with Crippen molar-refractivity contribution in [1.82, 2.24) is 15.0 Å². The van der Waals surface area contributed by atoms with Crippen LogP contribution >= 0.6 is 35.6 Å². The Bertz CT molecular complexity index is 1580. The molecular formula is C32H36Cl3FN8O. The zero-order chi connectivity index (χ0) is 30.9. The number of benzene rings is 3. The molecule has 1 aliphatic rings. The smallest absolute Gasteiger partial charge is 0.250 e. The van der Waals surface area contributed by atoms with E-state index in [4.69, 9.17) is 27.9 Å². The summed E-state index contributed by atoms with van der Waals surface area (Å²) >= 11 is 12.5. The van der Waals surface area contributed by atoms with Gasteiger partial charge >= 0.3 is 0 Å². The summed E-state index contributed by atoms with van der Waals surface area (Å²) in [7, 11) is 0. The molecule has 0 unspecified atom stereocenters. The Morgan fingerprint density at radius 3 is 2.38 bits per heavy atom. The zero-order valence-electron chi connectivity index (χ0n) is 25.1. The third-order valence-electron chi connectivity index (χ3n) is 7.26. The van der Waals surface area contributed by atoms with E-state index in [1.807, 2.05) is 24.3 Å². The van der Waals surface area contributed by atoms with Crippen molar-refractivity contribution >= 4 is 71.0 Å². The maximum atomic E-state index is 13.4. The van der Waals surface area contributed by atoms with Crippen LogP contribution in [0.3, 0.4) is 0 Å². The predicted molar refractivity (Wildman–Crippen MR) is 185 cm³/mol. The fraction of sp³-hybridized carbons (Fsp3) is 0.312. The molecule has 2 heterocycles. The first-order chi connectivity index (χ1) is 21.4. The third-order valence-corrected chi connectivity index (χ3v) is 7.84. The van der Waals surface area contributed by atoms with Crippen molar-refractivity contribution in [1.29, 1.82) is 0 Å². The molecule has 1 aromatic heterocycles. The number of piperidine rings is 1. The average molecular weight is 674 g/mol. The number of hydrogen-bond acceptors (Lipinski definition) is 9. The Hall–Kier alpha value is -3.86. The van der Waals surface area contributed by atoms with Crippen LogP contribution in [-0.4, -0.2) is 47.3 Å². The van der Waals surface area contributed by atoms with Crippen molar-refractivity contribution in [3.05, 3.63) is 87.7 Å². The first-order valence-corrected chi connectivity index (χ1v) is 15.5. The molecule has 9 nitrogen and oxygen atoms in total. The Morgan fingerprint density at radius 2 is 1.67 bits per heavy atom. The van der Waals surface area contributed by atoms with Gasteiger partial charge in [-0.25, -0.2) is 9.82 Å². The molecule has 45 heavy (non-hydrogen) atoms. The Labute approximate surface area is 279 Å². The molecule has 1 saturated heterocycles. The minimum Gasteiger partial charge on any atom is -0.488 e. The van der Waals surface area contributed by atoms with Crippen LogP contribution in [0.25, 0.3) is 0 Å². The molecule has 0 atom stereocenters. The number of nitrogens with zero attached hydrogens (tertiary/aromatic N) is 6. The third kappa shape index (κ3) is 9.32. The highest BCUT2D eigenvalue weighted by Gasteiger charge is 2.17. The van der Waals surface area contributed by atoms with Gasteiger partial charge in [-0.2, -0.15) is 20.1 Å². The van der Waals surface area contributed by atoms with Crippen molar-refractivity contribution in [3.63, 3.8) is 0 Å². The van der Waals surface area contributed by atoms with Crippen LogP contribution in [0.15, 0.2) is 65.8 Å². The van der Waals surface area contributed by atoms with Crippen molar-refractivity contribution in [2.24, 2.45) is 5.10 Å². The van der Waals surface area contributed by atoms with Crippen molar-refractivity contribution in [2.45, 2.75) is 39.7 Å².